The second-order valence-corrected chi connectivity index (χ2v) is 6.69. The molecule has 0 unspecified atom stereocenters. The minimum atomic E-state index is -0.263. The van der Waals surface area contributed by atoms with Crippen LogP contribution in [0.5, 0.6) is 0 Å². The zero-order valence-corrected chi connectivity index (χ0v) is 14.7. The van der Waals surface area contributed by atoms with E-state index in [4.69, 9.17) is 5.73 Å². The van der Waals surface area contributed by atoms with Gasteiger partial charge in [-0.3, -0.25) is 5.32 Å². The highest BCUT2D eigenvalue weighted by atomic mass is 79.9. The number of halogens is 1. The van der Waals surface area contributed by atoms with Crippen LogP contribution in [-0.4, -0.2) is 22.5 Å². The van der Waals surface area contributed by atoms with Crippen molar-refractivity contribution in [1.82, 2.24) is 15.3 Å². The number of nitrogen functional groups attached to an aromatic ring is 1. The van der Waals surface area contributed by atoms with E-state index in [-0.39, 0.29) is 6.03 Å². The molecule has 0 fully saturated rings. The molecule has 0 saturated heterocycles. The van der Waals surface area contributed by atoms with Gasteiger partial charge in [0.1, 0.15) is 5.82 Å². The quantitative estimate of drug-likeness (QED) is 0.631. The first kappa shape index (κ1) is 15.7. The van der Waals surface area contributed by atoms with E-state index in [9.17, 15) is 4.79 Å². The molecule has 0 radical (unpaired) electrons. The van der Waals surface area contributed by atoms with Crippen LogP contribution < -0.4 is 16.4 Å². The van der Waals surface area contributed by atoms with Crippen LogP contribution in [-0.2, 0) is 0 Å². The van der Waals surface area contributed by atoms with Crippen LogP contribution in [0, 0.1) is 0 Å². The number of carbonyl (C=O) groups excluding carboxylic acids is 1. The summed E-state index contributed by atoms with van der Waals surface area (Å²) < 4.78 is 1.89. The summed E-state index contributed by atoms with van der Waals surface area (Å²) in [6.45, 7) is 2.42. The van der Waals surface area contributed by atoms with Gasteiger partial charge < -0.3 is 11.1 Å². The molecule has 8 heteroatoms. The first-order chi connectivity index (χ1) is 11.1. The third-order valence-corrected chi connectivity index (χ3v) is 4.59. The number of pyridine rings is 1. The van der Waals surface area contributed by atoms with Gasteiger partial charge in [-0.05, 0) is 31.2 Å². The lowest BCUT2D eigenvalue weighted by atomic mass is 10.1. The van der Waals surface area contributed by atoms with Gasteiger partial charge in [-0.15, -0.1) is 0 Å². The van der Waals surface area contributed by atoms with E-state index in [0.29, 0.717) is 17.5 Å². The highest BCUT2D eigenvalue weighted by Crippen LogP contribution is 2.37. The summed E-state index contributed by atoms with van der Waals surface area (Å²) in [5, 5.41) is 5.98. The van der Waals surface area contributed by atoms with E-state index in [2.05, 4.69) is 36.5 Å². The van der Waals surface area contributed by atoms with Crippen LogP contribution in [0.1, 0.15) is 6.92 Å². The number of thiazole rings is 1. The lowest BCUT2D eigenvalue weighted by Crippen LogP contribution is -2.28. The fraction of sp³-hybridized carbons (Fsp3) is 0.133. The van der Waals surface area contributed by atoms with Crippen molar-refractivity contribution in [2.24, 2.45) is 0 Å². The monoisotopic (exact) mass is 391 g/mol. The molecule has 2 aromatic heterocycles. The minimum Gasteiger partial charge on any atom is -0.384 e. The molecule has 0 bridgehead atoms. The highest BCUT2D eigenvalue weighted by molar-refractivity contribution is 9.10. The first-order valence-electron chi connectivity index (χ1n) is 6.93. The van der Waals surface area contributed by atoms with Gasteiger partial charge in [0.05, 0.1) is 10.2 Å². The van der Waals surface area contributed by atoms with E-state index >= 15 is 0 Å². The number of nitrogens with one attached hydrogen (secondary N) is 2. The molecule has 0 spiro atoms. The van der Waals surface area contributed by atoms with Crippen molar-refractivity contribution in [1.29, 1.82) is 0 Å². The molecule has 0 aliphatic rings. The van der Waals surface area contributed by atoms with E-state index in [1.807, 2.05) is 25.1 Å². The fourth-order valence-electron chi connectivity index (χ4n) is 2.13. The summed E-state index contributed by atoms with van der Waals surface area (Å²) in [6.07, 6.45) is 1.73. The summed E-state index contributed by atoms with van der Waals surface area (Å²) in [6, 6.07) is 7.34. The lowest BCUT2D eigenvalue weighted by molar-refractivity contribution is 0.252. The van der Waals surface area contributed by atoms with Crippen molar-refractivity contribution in [3.63, 3.8) is 0 Å². The number of carbonyl (C=O) groups is 1. The SMILES string of the molecule is CCNC(=O)Nc1nc2cc(Br)cc(-c3ccc(N)nc3)c2s1. The Bertz CT molecular complexity index is 862. The number of benzene rings is 1. The standard InChI is InChI=1S/C15H14BrN5OS/c1-2-18-14(22)21-15-20-11-6-9(16)5-10(13(11)23-15)8-3-4-12(17)19-7-8/h3-7H,2H2,1H3,(H2,17,19)(H2,18,20,21,22). The van der Waals surface area contributed by atoms with E-state index in [0.717, 1.165) is 25.8 Å². The van der Waals surface area contributed by atoms with Crippen molar-refractivity contribution in [2.45, 2.75) is 6.92 Å². The molecular formula is C15H14BrN5OS. The van der Waals surface area contributed by atoms with Crippen molar-refractivity contribution in [2.75, 3.05) is 17.6 Å². The maximum atomic E-state index is 11.7. The van der Waals surface area contributed by atoms with E-state index in [1.54, 1.807) is 12.3 Å². The van der Waals surface area contributed by atoms with Crippen LogP contribution in [0.2, 0.25) is 0 Å². The molecule has 23 heavy (non-hydrogen) atoms. The zero-order valence-electron chi connectivity index (χ0n) is 12.3. The summed E-state index contributed by atoms with van der Waals surface area (Å²) in [5.74, 6) is 0.475. The Balaban J connectivity index is 2.05. The molecule has 2 heterocycles. The Morgan fingerprint density at radius 3 is 2.91 bits per heavy atom. The number of fused-ring (bicyclic) bond motifs is 1. The smallest absolute Gasteiger partial charge is 0.321 e. The lowest BCUT2D eigenvalue weighted by Gasteiger charge is -2.04. The average molecular weight is 392 g/mol. The number of aromatic nitrogens is 2. The molecule has 2 amide bonds. The second kappa shape index (κ2) is 6.51. The molecule has 6 nitrogen and oxygen atoms in total. The summed E-state index contributed by atoms with van der Waals surface area (Å²) in [5.41, 5.74) is 8.39. The Morgan fingerprint density at radius 1 is 1.39 bits per heavy atom. The number of anilines is 2. The van der Waals surface area contributed by atoms with Crippen LogP contribution in [0.4, 0.5) is 15.7 Å². The number of nitrogens with zero attached hydrogens (tertiary/aromatic N) is 2. The van der Waals surface area contributed by atoms with Crippen molar-refractivity contribution in [3.05, 3.63) is 34.9 Å². The number of hydrogen-bond acceptors (Lipinski definition) is 5. The molecular weight excluding hydrogens is 378 g/mol. The third kappa shape index (κ3) is 3.43. The maximum Gasteiger partial charge on any atom is 0.321 e. The van der Waals surface area contributed by atoms with Crippen molar-refractivity contribution in [3.8, 4) is 11.1 Å². The van der Waals surface area contributed by atoms with Gasteiger partial charge in [0.15, 0.2) is 5.13 Å². The Labute approximate surface area is 145 Å². The van der Waals surface area contributed by atoms with E-state index < -0.39 is 0 Å². The molecule has 0 saturated carbocycles. The zero-order chi connectivity index (χ0) is 16.4. The van der Waals surface area contributed by atoms with Gasteiger partial charge >= 0.3 is 6.03 Å². The maximum absolute atomic E-state index is 11.7. The largest absolute Gasteiger partial charge is 0.384 e. The van der Waals surface area contributed by atoms with Gasteiger partial charge in [-0.2, -0.15) is 0 Å². The van der Waals surface area contributed by atoms with Gasteiger partial charge in [-0.25, -0.2) is 14.8 Å². The van der Waals surface area contributed by atoms with Gasteiger partial charge in [0.2, 0.25) is 0 Å². The van der Waals surface area contributed by atoms with Crippen LogP contribution in [0.15, 0.2) is 34.9 Å². The van der Waals surface area contributed by atoms with Crippen molar-refractivity contribution < 1.29 is 4.79 Å². The fourth-order valence-corrected chi connectivity index (χ4v) is 3.56. The Kier molecular flexibility index (Phi) is 4.44. The normalized spacial score (nSPS) is 10.7. The summed E-state index contributed by atoms with van der Waals surface area (Å²) >= 11 is 4.92. The molecule has 0 atom stereocenters. The van der Waals surface area contributed by atoms with Gasteiger partial charge in [0.25, 0.3) is 0 Å². The number of amides is 2. The average Bonchev–Trinajstić information content (AvgIpc) is 2.89. The topological polar surface area (TPSA) is 92.9 Å². The summed E-state index contributed by atoms with van der Waals surface area (Å²) in [7, 11) is 0. The Hall–Kier alpha value is -2.19. The highest BCUT2D eigenvalue weighted by Gasteiger charge is 2.13. The number of rotatable bonds is 3. The molecule has 3 rings (SSSR count). The number of urea groups is 1. The predicted molar refractivity (Wildman–Crippen MR) is 97.7 cm³/mol. The molecule has 4 N–H and O–H groups in total. The molecule has 0 aliphatic heterocycles. The van der Waals surface area contributed by atoms with Crippen molar-refractivity contribution >= 4 is 54.5 Å². The number of hydrogen-bond donors (Lipinski definition) is 3. The molecule has 3 aromatic rings. The van der Waals surface area contributed by atoms with E-state index in [1.165, 1.54) is 11.3 Å². The number of nitrogens with two attached hydrogens (primary N) is 1. The minimum absolute atomic E-state index is 0.263. The Morgan fingerprint density at radius 2 is 2.22 bits per heavy atom. The third-order valence-electron chi connectivity index (χ3n) is 3.11. The van der Waals surface area contributed by atoms with Crippen LogP contribution in [0.3, 0.4) is 0 Å². The van der Waals surface area contributed by atoms with Crippen LogP contribution in [0.25, 0.3) is 21.3 Å². The molecule has 1 aromatic carbocycles. The van der Waals surface area contributed by atoms with Crippen LogP contribution >= 0.6 is 27.3 Å². The molecule has 118 valence electrons. The summed E-state index contributed by atoms with van der Waals surface area (Å²) in [4.78, 5) is 20.3. The second-order valence-electron chi connectivity index (χ2n) is 4.78. The predicted octanol–water partition coefficient (Wildman–Crippen LogP) is 3.84. The van der Waals surface area contributed by atoms with Gasteiger partial charge in [0, 0.05) is 28.3 Å². The first-order valence-corrected chi connectivity index (χ1v) is 8.54. The van der Waals surface area contributed by atoms with Gasteiger partial charge in [-0.1, -0.05) is 27.3 Å². The molecule has 0 aliphatic carbocycles.